The number of amides is 1. The Morgan fingerprint density at radius 2 is 1.41 bits per heavy atom. The van der Waals surface area contributed by atoms with E-state index in [2.05, 4.69) is 0 Å². The van der Waals surface area contributed by atoms with Gasteiger partial charge in [-0.1, -0.05) is 84.9 Å². The highest BCUT2D eigenvalue weighted by Crippen LogP contribution is 2.34. The highest BCUT2D eigenvalue weighted by atomic mass is 32.1. The first kappa shape index (κ1) is 31.3. The molecule has 10 heteroatoms. The number of aromatic nitrogens is 1. The fraction of sp³-hybridized carbons (Fsp3) is 0.222. The molecule has 6 rings (SSSR count). The van der Waals surface area contributed by atoms with Crippen LogP contribution in [-0.2, 0) is 38.8 Å². The summed E-state index contributed by atoms with van der Waals surface area (Å²) >= 11 is 1.37. The average molecular weight is 644 g/mol. The van der Waals surface area contributed by atoms with E-state index in [4.69, 9.17) is 14.5 Å². The summed E-state index contributed by atoms with van der Waals surface area (Å²) in [4.78, 5) is 22.4. The number of halogens is 3. The standard InChI is InChI=1S/C36H32F3N3O3S/c37-36(38,39)30-13-7-12-28(18-30)20-41(21-29-14-15-32-33(19-29)45-25-44-32)23-34-40-31(24-46-34)35(43)42(22-27-10-5-2-6-11-27)17-16-26-8-3-1-4-9-26/h1-15,18-19,24H,16-17,20-23,25H2. The lowest BCUT2D eigenvalue weighted by Crippen LogP contribution is -2.33. The molecule has 0 saturated carbocycles. The van der Waals surface area contributed by atoms with Gasteiger partial charge in [0.05, 0.1) is 12.1 Å². The summed E-state index contributed by atoms with van der Waals surface area (Å²) in [7, 11) is 0. The minimum absolute atomic E-state index is 0.148. The van der Waals surface area contributed by atoms with Gasteiger partial charge in [-0.15, -0.1) is 11.3 Å². The molecule has 46 heavy (non-hydrogen) atoms. The lowest BCUT2D eigenvalue weighted by molar-refractivity contribution is -0.137. The molecule has 5 aromatic rings. The van der Waals surface area contributed by atoms with Crippen molar-refractivity contribution < 1.29 is 27.4 Å². The zero-order valence-electron chi connectivity index (χ0n) is 25.0. The summed E-state index contributed by atoms with van der Waals surface area (Å²) in [6, 6.07) is 30.9. The Hall–Kier alpha value is -4.67. The van der Waals surface area contributed by atoms with Crippen molar-refractivity contribution in [3.63, 3.8) is 0 Å². The van der Waals surface area contributed by atoms with Crippen LogP contribution in [0.2, 0.25) is 0 Å². The highest BCUT2D eigenvalue weighted by molar-refractivity contribution is 7.09. The van der Waals surface area contributed by atoms with E-state index in [0.717, 1.165) is 22.8 Å². The second kappa shape index (κ2) is 14.2. The quantitative estimate of drug-likeness (QED) is 0.138. The van der Waals surface area contributed by atoms with Gasteiger partial charge in [0.15, 0.2) is 11.5 Å². The fourth-order valence-corrected chi connectivity index (χ4v) is 6.18. The number of ether oxygens (including phenoxy) is 2. The second-order valence-electron chi connectivity index (χ2n) is 11.1. The molecule has 6 nitrogen and oxygen atoms in total. The van der Waals surface area contributed by atoms with Gasteiger partial charge in [0.25, 0.3) is 5.91 Å². The summed E-state index contributed by atoms with van der Waals surface area (Å²) in [6.07, 6.45) is -3.73. The van der Waals surface area contributed by atoms with E-state index in [1.165, 1.54) is 23.5 Å². The zero-order chi connectivity index (χ0) is 31.9. The molecule has 0 unspecified atom stereocenters. The molecule has 0 bridgehead atoms. The number of carbonyl (C=O) groups is 1. The van der Waals surface area contributed by atoms with Crippen LogP contribution in [0.1, 0.15) is 43.3 Å². The lowest BCUT2D eigenvalue weighted by atomic mass is 10.1. The van der Waals surface area contributed by atoms with E-state index in [0.29, 0.717) is 60.4 Å². The number of alkyl halides is 3. The molecule has 0 spiro atoms. The van der Waals surface area contributed by atoms with Crippen LogP contribution in [0.25, 0.3) is 0 Å². The molecule has 1 aliphatic rings. The predicted molar refractivity (Wildman–Crippen MR) is 170 cm³/mol. The number of benzene rings is 4. The molecular weight excluding hydrogens is 611 g/mol. The molecule has 1 amide bonds. The van der Waals surface area contributed by atoms with Crippen LogP contribution < -0.4 is 9.47 Å². The summed E-state index contributed by atoms with van der Waals surface area (Å²) in [5.74, 6) is 1.12. The van der Waals surface area contributed by atoms with Crippen LogP contribution in [0.4, 0.5) is 13.2 Å². The maximum Gasteiger partial charge on any atom is 0.416 e. The van der Waals surface area contributed by atoms with Crippen molar-refractivity contribution in [3.05, 3.63) is 147 Å². The molecule has 0 atom stereocenters. The van der Waals surface area contributed by atoms with Crippen molar-refractivity contribution >= 4 is 17.2 Å². The summed E-state index contributed by atoms with van der Waals surface area (Å²) < 4.78 is 51.4. The Morgan fingerprint density at radius 3 is 2.15 bits per heavy atom. The van der Waals surface area contributed by atoms with Crippen LogP contribution in [0.15, 0.2) is 109 Å². The normalized spacial score (nSPS) is 12.4. The van der Waals surface area contributed by atoms with Gasteiger partial charge in [0.1, 0.15) is 10.7 Å². The number of fused-ring (bicyclic) bond motifs is 1. The van der Waals surface area contributed by atoms with Crippen LogP contribution in [-0.4, -0.2) is 34.0 Å². The Labute approximate surface area is 269 Å². The zero-order valence-corrected chi connectivity index (χ0v) is 25.8. The largest absolute Gasteiger partial charge is 0.454 e. The Morgan fingerprint density at radius 1 is 0.739 bits per heavy atom. The van der Waals surface area contributed by atoms with Gasteiger partial charge in [-0.25, -0.2) is 4.98 Å². The predicted octanol–water partition coefficient (Wildman–Crippen LogP) is 7.98. The maximum absolute atomic E-state index is 13.8. The molecule has 0 N–H and O–H groups in total. The van der Waals surface area contributed by atoms with Crippen molar-refractivity contribution in [2.24, 2.45) is 0 Å². The molecule has 0 radical (unpaired) electrons. The first-order chi connectivity index (χ1) is 22.3. The minimum atomic E-state index is -4.44. The first-order valence-electron chi connectivity index (χ1n) is 14.9. The number of hydrogen-bond acceptors (Lipinski definition) is 6. The Balaban J connectivity index is 1.21. The molecule has 0 aliphatic carbocycles. The lowest BCUT2D eigenvalue weighted by Gasteiger charge is -2.23. The van der Waals surface area contributed by atoms with Gasteiger partial charge in [-0.3, -0.25) is 9.69 Å². The number of nitrogens with zero attached hydrogens (tertiary/aromatic N) is 3. The van der Waals surface area contributed by atoms with Gasteiger partial charge in [-0.2, -0.15) is 13.2 Å². The van der Waals surface area contributed by atoms with Crippen LogP contribution >= 0.6 is 11.3 Å². The van der Waals surface area contributed by atoms with Gasteiger partial charge in [0, 0.05) is 31.6 Å². The Bertz CT molecular complexity index is 1760. The van der Waals surface area contributed by atoms with E-state index >= 15 is 0 Å². The molecule has 1 aliphatic heterocycles. The Kier molecular flexibility index (Phi) is 9.65. The number of thiazole rings is 1. The first-order valence-corrected chi connectivity index (χ1v) is 15.8. The molecule has 0 saturated heterocycles. The van der Waals surface area contributed by atoms with Gasteiger partial charge in [0.2, 0.25) is 6.79 Å². The van der Waals surface area contributed by atoms with Crippen molar-refractivity contribution in [1.82, 2.24) is 14.8 Å². The minimum Gasteiger partial charge on any atom is -0.454 e. The molecule has 1 aromatic heterocycles. The van der Waals surface area contributed by atoms with Gasteiger partial charge >= 0.3 is 6.18 Å². The van der Waals surface area contributed by atoms with Gasteiger partial charge in [-0.05, 0) is 46.9 Å². The third-order valence-corrected chi connectivity index (χ3v) is 8.48. The summed E-state index contributed by atoms with van der Waals surface area (Å²) in [5, 5.41) is 2.46. The van der Waals surface area contributed by atoms with Crippen LogP contribution in [0.5, 0.6) is 11.5 Å². The third-order valence-electron chi connectivity index (χ3n) is 7.65. The molecule has 4 aromatic carbocycles. The second-order valence-corrected chi connectivity index (χ2v) is 12.0. The highest BCUT2D eigenvalue weighted by Gasteiger charge is 2.30. The number of rotatable bonds is 12. The van der Waals surface area contributed by atoms with Crippen molar-refractivity contribution in [1.29, 1.82) is 0 Å². The van der Waals surface area contributed by atoms with Crippen molar-refractivity contribution in [2.75, 3.05) is 13.3 Å². The third kappa shape index (κ3) is 8.13. The number of carbonyl (C=O) groups excluding carboxylic acids is 1. The summed E-state index contributed by atoms with van der Waals surface area (Å²) in [5.41, 5.74) is 3.27. The van der Waals surface area contributed by atoms with E-state index in [9.17, 15) is 18.0 Å². The molecule has 2 heterocycles. The molecular formula is C36H32F3N3O3S. The monoisotopic (exact) mass is 643 g/mol. The topological polar surface area (TPSA) is 54.9 Å². The number of hydrogen-bond donors (Lipinski definition) is 0. The van der Waals surface area contributed by atoms with Gasteiger partial charge < -0.3 is 14.4 Å². The van der Waals surface area contributed by atoms with E-state index < -0.39 is 11.7 Å². The van der Waals surface area contributed by atoms with Crippen molar-refractivity contribution in [3.8, 4) is 11.5 Å². The van der Waals surface area contributed by atoms with Crippen LogP contribution in [0.3, 0.4) is 0 Å². The van der Waals surface area contributed by atoms with Crippen molar-refractivity contribution in [2.45, 2.75) is 38.8 Å². The smallest absolute Gasteiger partial charge is 0.416 e. The maximum atomic E-state index is 13.8. The average Bonchev–Trinajstić information content (AvgIpc) is 3.73. The van der Waals surface area contributed by atoms with E-state index in [1.54, 1.807) is 11.4 Å². The van der Waals surface area contributed by atoms with E-state index in [1.807, 2.05) is 88.7 Å². The SMILES string of the molecule is O=C(c1csc(CN(Cc2cccc(C(F)(F)F)c2)Cc2ccc3c(c2)OCO3)n1)N(CCc1ccccc1)Cc1ccccc1. The summed E-state index contributed by atoms with van der Waals surface area (Å²) in [6.45, 7) is 2.13. The van der Waals surface area contributed by atoms with Crippen LogP contribution in [0, 0.1) is 0 Å². The molecule has 236 valence electrons. The van der Waals surface area contributed by atoms with E-state index in [-0.39, 0.29) is 19.2 Å². The molecule has 0 fully saturated rings. The fourth-order valence-electron chi connectivity index (χ4n) is 5.37.